The Kier molecular flexibility index (Phi) is 9.71. The van der Waals surface area contributed by atoms with E-state index in [1.165, 1.54) is 6.92 Å². The first-order valence-electron chi connectivity index (χ1n) is 14.7. The van der Waals surface area contributed by atoms with Gasteiger partial charge in [0, 0.05) is 12.8 Å². The van der Waals surface area contributed by atoms with Gasteiger partial charge in [0.15, 0.2) is 5.69 Å². The predicted octanol–water partition coefficient (Wildman–Crippen LogP) is 0.577. The number of carbonyl (C=O) groups excluding carboxylic acids is 5. The first-order valence-corrected chi connectivity index (χ1v) is 15.4. The van der Waals surface area contributed by atoms with Gasteiger partial charge in [0.25, 0.3) is 5.91 Å². The van der Waals surface area contributed by atoms with Gasteiger partial charge in [0.1, 0.15) is 36.0 Å². The summed E-state index contributed by atoms with van der Waals surface area (Å²) >= 11 is 0.892. The van der Waals surface area contributed by atoms with Crippen LogP contribution in [0, 0.1) is 6.92 Å². The van der Waals surface area contributed by atoms with Gasteiger partial charge >= 0.3 is 0 Å². The van der Waals surface area contributed by atoms with Crippen LogP contribution in [-0.2, 0) is 32.0 Å². The standard InChI is InChI=1S/C31H35N7O6S/c1-18-25(38-45-37-18)29(42)35-23-17-21-8-10-22(11-9-21)44-15-14-32-30(43)31(12-13-31)36-28(41)24(16-20-6-4-3-5-7-20)34-26(39)19(2)33-27(23)40/h3-11,19,23-24H,12-17H2,1-2H3,(H,32,43)(H,33,40)(H,34,39)(H,35,42)(H,36,41)/t19-,23-,24+/m0/s1. The summed E-state index contributed by atoms with van der Waals surface area (Å²) in [5.74, 6) is -2.04. The van der Waals surface area contributed by atoms with E-state index in [0.717, 1.165) is 22.9 Å². The average Bonchev–Trinajstić information content (AvgIpc) is 3.68. The van der Waals surface area contributed by atoms with Crippen LogP contribution in [0.1, 0.15) is 47.1 Å². The molecule has 3 heterocycles. The number of rotatable bonds is 4. The Hall–Kier alpha value is -4.85. The lowest BCUT2D eigenvalue weighted by atomic mass is 10.0. The third-order valence-corrected chi connectivity index (χ3v) is 8.34. The number of nitrogens with zero attached hydrogens (tertiary/aromatic N) is 2. The van der Waals surface area contributed by atoms with Gasteiger partial charge in [-0.15, -0.1) is 0 Å². The number of aryl methyl sites for hydroxylation is 1. The second-order valence-electron chi connectivity index (χ2n) is 11.2. The minimum Gasteiger partial charge on any atom is -0.492 e. The molecule has 3 aliphatic rings. The third kappa shape index (κ3) is 8.01. The summed E-state index contributed by atoms with van der Waals surface area (Å²) in [6.45, 7) is 3.56. The fourth-order valence-electron chi connectivity index (χ4n) is 4.93. The molecule has 2 aliphatic heterocycles. The normalized spacial score (nSPS) is 22.3. The van der Waals surface area contributed by atoms with Crippen LogP contribution in [0.15, 0.2) is 54.6 Å². The molecule has 3 aromatic rings. The molecular weight excluding hydrogens is 598 g/mol. The van der Waals surface area contributed by atoms with E-state index < -0.39 is 47.3 Å². The Labute approximate surface area is 264 Å². The van der Waals surface area contributed by atoms with Crippen molar-refractivity contribution in [3.05, 3.63) is 77.1 Å². The zero-order valence-corrected chi connectivity index (χ0v) is 25.7. The van der Waals surface area contributed by atoms with Gasteiger partial charge in [-0.2, -0.15) is 8.75 Å². The molecule has 5 amide bonds. The van der Waals surface area contributed by atoms with E-state index in [9.17, 15) is 24.0 Å². The van der Waals surface area contributed by atoms with Crippen LogP contribution in [0.25, 0.3) is 0 Å². The van der Waals surface area contributed by atoms with Crippen molar-refractivity contribution in [2.75, 3.05) is 13.2 Å². The molecule has 2 bridgehead atoms. The van der Waals surface area contributed by atoms with Crippen molar-refractivity contribution in [2.24, 2.45) is 0 Å². The van der Waals surface area contributed by atoms with E-state index in [1.54, 1.807) is 31.2 Å². The molecule has 3 atom stereocenters. The SMILES string of the molecule is Cc1nsnc1C(=O)N[C@H]1Cc2ccc(cc2)OCCNC(=O)C2(CC2)NC(=O)[C@@H](Cc2ccccc2)NC(=O)[C@H](C)NC1=O. The Morgan fingerprint density at radius 1 is 0.978 bits per heavy atom. The van der Waals surface area contributed by atoms with Crippen molar-refractivity contribution in [2.45, 2.75) is 63.2 Å². The topological polar surface area (TPSA) is 181 Å². The zero-order valence-electron chi connectivity index (χ0n) is 24.9. The van der Waals surface area contributed by atoms with Crippen LogP contribution in [-0.4, -0.2) is 75.1 Å². The van der Waals surface area contributed by atoms with Crippen LogP contribution >= 0.6 is 11.7 Å². The van der Waals surface area contributed by atoms with Crippen LogP contribution < -0.4 is 31.3 Å². The first kappa shape index (κ1) is 31.6. The summed E-state index contributed by atoms with van der Waals surface area (Å²) in [5.41, 5.74) is 1.02. The summed E-state index contributed by atoms with van der Waals surface area (Å²) in [6.07, 6.45) is 1.21. The molecule has 5 N–H and O–H groups in total. The molecule has 0 unspecified atom stereocenters. The van der Waals surface area contributed by atoms with E-state index in [-0.39, 0.29) is 37.6 Å². The zero-order chi connectivity index (χ0) is 32.0. The number of benzene rings is 2. The van der Waals surface area contributed by atoms with Crippen molar-refractivity contribution in [1.29, 1.82) is 0 Å². The number of nitrogens with one attached hydrogen (secondary N) is 5. The quantitative estimate of drug-likeness (QED) is 0.259. The van der Waals surface area contributed by atoms with Gasteiger partial charge in [0.2, 0.25) is 23.6 Å². The van der Waals surface area contributed by atoms with Gasteiger partial charge in [-0.25, -0.2) is 0 Å². The highest BCUT2D eigenvalue weighted by atomic mass is 32.1. The highest BCUT2D eigenvalue weighted by molar-refractivity contribution is 6.99. The van der Waals surface area contributed by atoms with E-state index >= 15 is 0 Å². The molecule has 236 valence electrons. The van der Waals surface area contributed by atoms with Crippen molar-refractivity contribution in [1.82, 2.24) is 35.3 Å². The summed E-state index contributed by atoms with van der Waals surface area (Å²) in [6, 6.07) is 13.0. The van der Waals surface area contributed by atoms with Gasteiger partial charge in [0.05, 0.1) is 24.0 Å². The van der Waals surface area contributed by atoms with E-state index in [0.29, 0.717) is 24.3 Å². The monoisotopic (exact) mass is 633 g/mol. The predicted molar refractivity (Wildman–Crippen MR) is 164 cm³/mol. The Balaban J connectivity index is 1.39. The Morgan fingerprint density at radius 2 is 1.71 bits per heavy atom. The van der Waals surface area contributed by atoms with Crippen molar-refractivity contribution >= 4 is 41.3 Å². The lowest BCUT2D eigenvalue weighted by Crippen LogP contribution is -2.59. The third-order valence-electron chi connectivity index (χ3n) is 7.72. The summed E-state index contributed by atoms with van der Waals surface area (Å²) in [7, 11) is 0. The van der Waals surface area contributed by atoms with Gasteiger partial charge in [-0.3, -0.25) is 24.0 Å². The van der Waals surface area contributed by atoms with Crippen molar-refractivity contribution in [3.63, 3.8) is 0 Å². The molecule has 6 rings (SSSR count). The number of aromatic nitrogens is 2. The number of hydrogen-bond acceptors (Lipinski definition) is 9. The lowest BCUT2D eigenvalue weighted by Gasteiger charge is -2.25. The van der Waals surface area contributed by atoms with Crippen LogP contribution in [0.4, 0.5) is 0 Å². The molecule has 45 heavy (non-hydrogen) atoms. The number of amides is 5. The number of carbonyl (C=O) groups is 5. The summed E-state index contributed by atoms with van der Waals surface area (Å²) in [5, 5.41) is 13.8. The summed E-state index contributed by atoms with van der Waals surface area (Å²) in [4.78, 5) is 66.4. The molecule has 14 heteroatoms. The maximum Gasteiger partial charge on any atom is 0.273 e. The molecule has 1 aromatic heterocycles. The van der Waals surface area contributed by atoms with Gasteiger partial charge in [-0.05, 0) is 49.9 Å². The highest BCUT2D eigenvalue weighted by Gasteiger charge is 2.51. The van der Waals surface area contributed by atoms with Crippen molar-refractivity contribution < 1.29 is 28.7 Å². The maximum atomic E-state index is 13.5. The Bertz CT molecular complexity index is 1560. The molecule has 13 nitrogen and oxygen atoms in total. The second-order valence-corrected chi connectivity index (χ2v) is 11.8. The minimum atomic E-state index is -1.06. The molecular formula is C31H35N7O6S. The molecule has 1 fully saturated rings. The van der Waals surface area contributed by atoms with Crippen LogP contribution in [0.2, 0.25) is 0 Å². The molecule has 1 aliphatic carbocycles. The molecule has 0 saturated heterocycles. The average molecular weight is 634 g/mol. The van der Waals surface area contributed by atoms with E-state index in [2.05, 4.69) is 35.3 Å². The molecule has 2 aromatic carbocycles. The number of fused-ring (bicyclic) bond motifs is 15. The van der Waals surface area contributed by atoms with Crippen molar-refractivity contribution in [3.8, 4) is 5.75 Å². The fraction of sp³-hybridized carbons (Fsp3) is 0.387. The van der Waals surface area contributed by atoms with Gasteiger partial charge < -0.3 is 31.3 Å². The van der Waals surface area contributed by atoms with E-state index in [1.807, 2.05) is 30.3 Å². The molecule has 0 radical (unpaired) electrons. The van der Waals surface area contributed by atoms with Gasteiger partial charge in [-0.1, -0.05) is 42.5 Å². The number of hydrogen-bond donors (Lipinski definition) is 5. The lowest BCUT2D eigenvalue weighted by molar-refractivity contribution is -0.134. The number of ether oxygens (including phenoxy) is 1. The highest BCUT2D eigenvalue weighted by Crippen LogP contribution is 2.35. The first-order chi connectivity index (χ1) is 21.6. The van der Waals surface area contributed by atoms with Crippen LogP contribution in [0.5, 0.6) is 5.75 Å². The summed E-state index contributed by atoms with van der Waals surface area (Å²) < 4.78 is 13.8. The smallest absolute Gasteiger partial charge is 0.273 e. The second kappa shape index (κ2) is 13.8. The Morgan fingerprint density at radius 3 is 2.38 bits per heavy atom. The molecule has 1 spiro atoms. The van der Waals surface area contributed by atoms with E-state index in [4.69, 9.17) is 4.74 Å². The van der Waals surface area contributed by atoms with Crippen LogP contribution in [0.3, 0.4) is 0 Å². The fourth-order valence-corrected chi connectivity index (χ4v) is 5.47. The maximum absolute atomic E-state index is 13.5. The molecule has 1 saturated carbocycles. The largest absolute Gasteiger partial charge is 0.492 e. The minimum absolute atomic E-state index is 0.111.